The van der Waals surface area contributed by atoms with Gasteiger partial charge >= 0.3 is 17.9 Å². The minimum absolute atomic E-state index is 0.0163. The van der Waals surface area contributed by atoms with Crippen LogP contribution in [-0.2, 0) is 70.4 Å². The normalized spacial score (nSPS) is 20.1. The topological polar surface area (TPSA) is 463 Å². The minimum atomic E-state index is -1.96. The summed E-state index contributed by atoms with van der Waals surface area (Å²) in [5, 5.41) is 85.7. The number of carboxylic acids is 3. The van der Waals surface area contributed by atoms with E-state index < -0.39 is 169 Å². The van der Waals surface area contributed by atoms with Crippen LogP contribution in [0.5, 0.6) is 0 Å². The third-order valence-corrected chi connectivity index (χ3v) is 16.0. The number of carbonyl (C=O) groups excluding carboxylic acids is 9. The van der Waals surface area contributed by atoms with Gasteiger partial charge in [-0.3, -0.25) is 62.5 Å². The lowest BCUT2D eigenvalue weighted by Crippen LogP contribution is -2.62. The van der Waals surface area contributed by atoms with Crippen molar-refractivity contribution in [2.75, 3.05) is 38.5 Å². The molecular formula is C58H84N10O19S. The van der Waals surface area contributed by atoms with Crippen LogP contribution >= 0.6 is 11.8 Å². The van der Waals surface area contributed by atoms with Crippen molar-refractivity contribution in [3.05, 3.63) is 71.8 Å². The first kappa shape index (κ1) is 72.9. The zero-order chi connectivity index (χ0) is 65.2. The van der Waals surface area contributed by atoms with E-state index in [1.165, 1.54) is 0 Å². The molecule has 0 saturated carbocycles. The van der Waals surface area contributed by atoms with Crippen molar-refractivity contribution in [2.45, 2.75) is 170 Å². The highest BCUT2D eigenvalue weighted by Gasteiger charge is 2.43. The summed E-state index contributed by atoms with van der Waals surface area (Å²) in [5.74, 6) is -12.7. The minimum Gasteiger partial charge on any atom is -0.481 e. The first-order valence-corrected chi connectivity index (χ1v) is 30.2. The molecule has 2 aliphatic heterocycles. The summed E-state index contributed by atoms with van der Waals surface area (Å²) in [6.45, 7) is 4.47. The Morgan fingerprint density at radius 1 is 0.602 bits per heavy atom. The fourth-order valence-electron chi connectivity index (χ4n) is 10.0. The summed E-state index contributed by atoms with van der Waals surface area (Å²) in [4.78, 5) is 163. The van der Waals surface area contributed by atoms with E-state index in [0.29, 0.717) is 30.4 Å². The van der Waals surface area contributed by atoms with Crippen LogP contribution in [0, 0.1) is 5.92 Å². The summed E-state index contributed by atoms with van der Waals surface area (Å²) in [6, 6.07) is 4.92. The largest absolute Gasteiger partial charge is 0.481 e. The first-order valence-electron chi connectivity index (χ1n) is 29.1. The third-order valence-electron chi connectivity index (χ3n) is 14.7. The van der Waals surface area contributed by atoms with Gasteiger partial charge in [-0.05, 0) is 75.1 Å². The molecule has 12 atom stereocenters. The van der Waals surface area contributed by atoms with Crippen LogP contribution < -0.4 is 43.0 Å². The summed E-state index contributed by atoms with van der Waals surface area (Å²) >= 11 is 0.932. The smallest absolute Gasteiger partial charge is 0.326 e. The number of amides is 9. The lowest BCUT2D eigenvalue weighted by molar-refractivity contribution is -0.145. The van der Waals surface area contributed by atoms with E-state index in [0.717, 1.165) is 23.6 Å². The van der Waals surface area contributed by atoms with E-state index in [1.807, 2.05) is 0 Å². The molecule has 2 heterocycles. The Kier molecular flexibility index (Phi) is 30.3. The molecule has 2 saturated heterocycles. The number of nitrogens with one attached hydrogen (secondary N) is 7. The van der Waals surface area contributed by atoms with E-state index in [2.05, 4.69) is 37.2 Å². The predicted octanol–water partition coefficient (Wildman–Crippen LogP) is -3.12. The Labute approximate surface area is 513 Å². The van der Waals surface area contributed by atoms with Gasteiger partial charge in [0.15, 0.2) is 0 Å². The zero-order valence-corrected chi connectivity index (χ0v) is 50.2. The van der Waals surface area contributed by atoms with Crippen molar-refractivity contribution < 1.29 is 93.3 Å². The number of nitrogens with two attached hydrogens (primary N) is 1. The molecule has 0 spiro atoms. The molecule has 0 bridgehead atoms. The summed E-state index contributed by atoms with van der Waals surface area (Å²) < 4.78 is 0. The third kappa shape index (κ3) is 23.8. The Bertz CT molecular complexity index is 2710. The lowest BCUT2D eigenvalue weighted by Gasteiger charge is -2.43. The number of imide groups is 1. The average Bonchev–Trinajstić information content (AvgIpc) is 2.92. The number of hydrogen-bond acceptors (Lipinski definition) is 19. The molecule has 0 aliphatic carbocycles. The van der Waals surface area contributed by atoms with Crippen molar-refractivity contribution in [1.82, 2.24) is 47.0 Å². The second kappa shape index (κ2) is 36.6. The number of nitrogens with zero attached hydrogens (tertiary/aromatic N) is 2. The van der Waals surface area contributed by atoms with Crippen LogP contribution in [0.25, 0.3) is 0 Å². The fourth-order valence-corrected chi connectivity index (χ4v) is 11.2. The van der Waals surface area contributed by atoms with Crippen molar-refractivity contribution in [3.63, 3.8) is 0 Å². The number of aliphatic carboxylic acids is 3. The molecule has 2 fully saturated rings. The molecule has 88 heavy (non-hydrogen) atoms. The van der Waals surface area contributed by atoms with Gasteiger partial charge in [0.05, 0.1) is 30.4 Å². The second-order valence-electron chi connectivity index (χ2n) is 22.2. The maximum atomic E-state index is 14.7. The Hall–Kier alpha value is -7.61. The number of hydrogen-bond donors (Lipinski definition) is 15. The maximum absolute atomic E-state index is 14.7. The van der Waals surface area contributed by atoms with E-state index >= 15 is 0 Å². The van der Waals surface area contributed by atoms with Gasteiger partial charge in [0.2, 0.25) is 53.2 Å². The first-order chi connectivity index (χ1) is 41.7. The second-order valence-corrected chi connectivity index (χ2v) is 23.4. The van der Waals surface area contributed by atoms with Gasteiger partial charge in [0.1, 0.15) is 54.5 Å². The molecule has 2 aromatic carbocycles. The molecule has 29 nitrogen and oxygen atoms in total. The monoisotopic (exact) mass is 1260 g/mol. The molecule has 2 aromatic rings. The van der Waals surface area contributed by atoms with Gasteiger partial charge in [-0.25, -0.2) is 4.79 Å². The van der Waals surface area contributed by atoms with Crippen LogP contribution in [0.4, 0.5) is 0 Å². The molecule has 2 aliphatic rings. The Balaban J connectivity index is 1.55. The van der Waals surface area contributed by atoms with E-state index in [9.17, 15) is 93.3 Å². The summed E-state index contributed by atoms with van der Waals surface area (Å²) in [5.41, 5.74) is 6.83. The van der Waals surface area contributed by atoms with Crippen LogP contribution in [0.2, 0.25) is 0 Å². The number of benzene rings is 2. The van der Waals surface area contributed by atoms with Gasteiger partial charge in [0.25, 0.3) is 0 Å². The van der Waals surface area contributed by atoms with Crippen LogP contribution in [0.15, 0.2) is 60.7 Å². The molecule has 16 N–H and O–H groups in total. The quantitative estimate of drug-likeness (QED) is 0.0234. The number of carbonyl (C=O) groups is 12. The van der Waals surface area contributed by atoms with Gasteiger partial charge in [-0.2, -0.15) is 0 Å². The maximum Gasteiger partial charge on any atom is 0.326 e. The average molecular weight is 1260 g/mol. The molecule has 486 valence electrons. The highest BCUT2D eigenvalue weighted by Crippen LogP contribution is 2.27. The number of unbranched alkanes of at least 4 members (excludes halogenated alkanes) is 2. The standard InChI is InChI=1S/C58H84N10O19S/c1-32(2)24-41(58(86)87)66-52(80)37(19-20-47(73)74)62-55(83)40(27-48(75)76)65-51(79)36(18-10-11-21-59)61-53(81)38(25-34-14-6-4-7-15-34)63-54(82)39(26-35-16-8-5-9-17-35)64-56(84)42(60-33(3)70)31-88-45-28-46(72)68(57(45)85)23-13-12-22-67-29-44(71)50(78)49(77)43(67)30-69/h4-9,14-17,32,36-45,49-50,69,71,77-78H,10-13,18-31,59H2,1-3H3,(H,60,70)(H,61,81)(H,62,83)(H,63,82)(H,64,84)(H,65,79)(H,66,80)(H,73,74)(H,75,76)(H,86,87)/t36?,37?,38?,39?,40?,41?,42?,43-,44+,45?,49-,50-/m1/s1. The van der Waals surface area contributed by atoms with Gasteiger partial charge in [-0.15, -0.1) is 11.8 Å². The van der Waals surface area contributed by atoms with Crippen molar-refractivity contribution in [2.24, 2.45) is 11.7 Å². The van der Waals surface area contributed by atoms with E-state index in [4.69, 9.17) is 5.73 Å². The number of likely N-dealkylation sites (tertiary alicyclic amines) is 2. The van der Waals surface area contributed by atoms with E-state index in [-0.39, 0.29) is 76.4 Å². The molecule has 4 rings (SSSR count). The zero-order valence-electron chi connectivity index (χ0n) is 49.4. The number of β-amino-alcohol motifs (C(OH)–C–C–N with tert-alkyl or cyclic N) is 1. The SMILES string of the molecule is CC(=O)NC(CSC1CC(=O)N(CCCCN2C[C@H](O)[C@@H](O)[C@H](O)[C@H]2CO)C1=O)C(=O)NC(Cc1ccccc1)C(=O)NC(Cc1ccccc1)C(=O)NC(CCCCN)C(=O)NC(CC(=O)O)C(=O)NC(CCC(=O)O)C(=O)NC(CC(C)C)C(=O)O. The number of aliphatic hydroxyl groups is 4. The van der Waals surface area contributed by atoms with Crippen molar-refractivity contribution >= 4 is 82.8 Å². The predicted molar refractivity (Wildman–Crippen MR) is 316 cm³/mol. The van der Waals surface area contributed by atoms with Gasteiger partial charge in [0, 0.05) is 51.4 Å². The molecule has 0 radical (unpaired) electrons. The Morgan fingerprint density at radius 3 is 1.59 bits per heavy atom. The molecule has 9 amide bonds. The summed E-state index contributed by atoms with van der Waals surface area (Å²) in [7, 11) is 0. The van der Waals surface area contributed by atoms with Gasteiger partial charge in [-0.1, -0.05) is 74.5 Å². The molecule has 0 aromatic heterocycles. The van der Waals surface area contributed by atoms with Crippen molar-refractivity contribution in [1.29, 1.82) is 0 Å². The van der Waals surface area contributed by atoms with Crippen LogP contribution in [0.3, 0.4) is 0 Å². The fraction of sp³-hybridized carbons (Fsp3) is 0.586. The number of aliphatic hydroxyl groups excluding tert-OH is 4. The number of rotatable bonds is 38. The highest BCUT2D eigenvalue weighted by atomic mass is 32.2. The molecular weight excluding hydrogens is 1170 g/mol. The van der Waals surface area contributed by atoms with E-state index in [1.54, 1.807) is 79.4 Å². The summed E-state index contributed by atoms with van der Waals surface area (Å²) in [6.07, 6.45) is -5.97. The molecule has 30 heteroatoms. The number of thioether (sulfide) groups is 1. The van der Waals surface area contributed by atoms with Crippen molar-refractivity contribution in [3.8, 4) is 0 Å². The van der Waals surface area contributed by atoms with Crippen LogP contribution in [-0.4, -0.2) is 227 Å². The van der Waals surface area contributed by atoms with Crippen LogP contribution in [0.1, 0.15) is 96.1 Å². The molecule has 8 unspecified atom stereocenters. The number of carboxylic acid groups (broad SMARTS) is 3. The lowest BCUT2D eigenvalue weighted by atomic mass is 9.94. The highest BCUT2D eigenvalue weighted by molar-refractivity contribution is 8.00. The van der Waals surface area contributed by atoms with Gasteiger partial charge < -0.3 is 78.7 Å². The number of piperidine rings is 1. The Morgan fingerprint density at radius 2 is 1.09 bits per heavy atom.